The molecule has 0 saturated heterocycles. The van der Waals surface area contributed by atoms with Crippen molar-refractivity contribution < 1.29 is 35.9 Å². The van der Waals surface area contributed by atoms with E-state index in [1.165, 1.54) is 11.1 Å². The SMILES string of the molecule is Cc1ccccc1-c1ccnc2c1C(=O)N(Cc1cc(C(F)(F)F)cc(C(F)(F)F)c1)CCO2. The molecule has 2 heterocycles. The maximum Gasteiger partial charge on any atom is 0.416 e. The van der Waals surface area contributed by atoms with E-state index in [0.717, 1.165) is 11.1 Å². The second-order valence-electron chi connectivity index (χ2n) is 7.84. The van der Waals surface area contributed by atoms with Crippen molar-refractivity contribution in [3.63, 3.8) is 0 Å². The van der Waals surface area contributed by atoms with Crippen LogP contribution in [0.2, 0.25) is 0 Å². The fourth-order valence-corrected chi connectivity index (χ4v) is 3.85. The Kier molecular flexibility index (Phi) is 6.01. The molecule has 0 bridgehead atoms. The van der Waals surface area contributed by atoms with Crippen LogP contribution in [0.3, 0.4) is 0 Å². The average molecular weight is 480 g/mol. The number of amides is 1. The summed E-state index contributed by atoms with van der Waals surface area (Å²) >= 11 is 0. The maximum absolute atomic E-state index is 13.5. The molecule has 1 amide bonds. The average Bonchev–Trinajstić information content (AvgIpc) is 2.92. The Morgan fingerprint density at radius 2 is 1.59 bits per heavy atom. The van der Waals surface area contributed by atoms with Crippen LogP contribution in [-0.4, -0.2) is 28.9 Å². The van der Waals surface area contributed by atoms with Crippen LogP contribution in [0.4, 0.5) is 26.3 Å². The molecule has 4 rings (SSSR count). The smallest absolute Gasteiger partial charge is 0.416 e. The summed E-state index contributed by atoms with van der Waals surface area (Å²) in [6.07, 6.45) is -8.47. The van der Waals surface area contributed by atoms with Gasteiger partial charge in [0.1, 0.15) is 12.2 Å². The first kappa shape index (κ1) is 23.6. The minimum absolute atomic E-state index is 0.0198. The first-order chi connectivity index (χ1) is 15.9. The molecule has 1 aromatic heterocycles. The molecule has 0 aliphatic carbocycles. The van der Waals surface area contributed by atoms with Crippen LogP contribution in [0, 0.1) is 6.92 Å². The zero-order valence-electron chi connectivity index (χ0n) is 17.8. The van der Waals surface area contributed by atoms with E-state index in [2.05, 4.69) is 4.98 Å². The van der Waals surface area contributed by atoms with Gasteiger partial charge in [-0.1, -0.05) is 24.3 Å². The van der Waals surface area contributed by atoms with E-state index in [4.69, 9.17) is 4.74 Å². The predicted molar refractivity (Wildman–Crippen MR) is 111 cm³/mol. The molecule has 2 aromatic carbocycles. The zero-order chi connectivity index (χ0) is 24.7. The van der Waals surface area contributed by atoms with Gasteiger partial charge in [0.15, 0.2) is 0 Å². The standard InChI is InChI=1S/C24H18F6N2O2/c1-14-4-2-3-5-18(14)19-6-7-31-21-20(19)22(33)32(8-9-34-21)13-15-10-16(23(25,26)27)12-17(11-15)24(28,29)30/h2-7,10-12H,8-9,13H2,1H3. The Labute approximate surface area is 190 Å². The Morgan fingerprint density at radius 3 is 2.21 bits per heavy atom. The van der Waals surface area contributed by atoms with E-state index in [1.54, 1.807) is 18.2 Å². The Hall–Kier alpha value is -3.56. The number of hydrogen-bond acceptors (Lipinski definition) is 3. The highest BCUT2D eigenvalue weighted by molar-refractivity contribution is 6.03. The van der Waals surface area contributed by atoms with Crippen molar-refractivity contribution in [3.8, 4) is 17.0 Å². The minimum Gasteiger partial charge on any atom is -0.475 e. The maximum atomic E-state index is 13.5. The zero-order valence-corrected chi connectivity index (χ0v) is 17.8. The molecule has 0 saturated carbocycles. The first-order valence-corrected chi connectivity index (χ1v) is 10.2. The monoisotopic (exact) mass is 480 g/mol. The molecular formula is C24H18F6N2O2. The second kappa shape index (κ2) is 8.66. The number of nitrogens with zero attached hydrogens (tertiary/aromatic N) is 2. The molecule has 0 radical (unpaired) electrons. The van der Waals surface area contributed by atoms with Crippen LogP contribution in [0.25, 0.3) is 11.1 Å². The first-order valence-electron chi connectivity index (χ1n) is 10.2. The quantitative estimate of drug-likeness (QED) is 0.424. The van der Waals surface area contributed by atoms with Crippen LogP contribution >= 0.6 is 0 Å². The van der Waals surface area contributed by atoms with Gasteiger partial charge in [0, 0.05) is 18.3 Å². The van der Waals surface area contributed by atoms with Gasteiger partial charge < -0.3 is 9.64 Å². The van der Waals surface area contributed by atoms with Gasteiger partial charge >= 0.3 is 12.4 Å². The lowest BCUT2D eigenvalue weighted by Crippen LogP contribution is -2.32. The highest BCUT2D eigenvalue weighted by atomic mass is 19.4. The lowest BCUT2D eigenvalue weighted by Gasteiger charge is -2.22. The highest BCUT2D eigenvalue weighted by Gasteiger charge is 2.37. The number of hydrogen-bond donors (Lipinski definition) is 0. The summed E-state index contributed by atoms with van der Waals surface area (Å²) in [6, 6.07) is 10.2. The molecule has 1 aliphatic heterocycles. The lowest BCUT2D eigenvalue weighted by atomic mass is 9.96. The molecule has 0 spiro atoms. The molecule has 3 aromatic rings. The molecule has 1 aliphatic rings. The van der Waals surface area contributed by atoms with Crippen molar-refractivity contribution in [2.75, 3.05) is 13.2 Å². The second-order valence-corrected chi connectivity index (χ2v) is 7.84. The number of fused-ring (bicyclic) bond motifs is 1. The minimum atomic E-state index is -4.98. The van der Waals surface area contributed by atoms with Crippen molar-refractivity contribution in [2.24, 2.45) is 0 Å². The largest absolute Gasteiger partial charge is 0.475 e. The van der Waals surface area contributed by atoms with E-state index in [0.29, 0.717) is 17.7 Å². The van der Waals surface area contributed by atoms with Crippen molar-refractivity contribution in [3.05, 3.63) is 82.5 Å². The number of halogens is 6. The van der Waals surface area contributed by atoms with E-state index >= 15 is 0 Å². The van der Waals surface area contributed by atoms with Gasteiger partial charge in [-0.15, -0.1) is 0 Å². The summed E-state index contributed by atoms with van der Waals surface area (Å²) in [4.78, 5) is 18.8. The number of ether oxygens (including phenoxy) is 1. The predicted octanol–water partition coefficient (Wildman–Crippen LogP) is 6.13. The number of carbonyl (C=O) groups excluding carboxylic acids is 1. The lowest BCUT2D eigenvalue weighted by molar-refractivity contribution is -0.143. The fourth-order valence-electron chi connectivity index (χ4n) is 3.85. The summed E-state index contributed by atoms with van der Waals surface area (Å²) in [5, 5.41) is 0. The third-order valence-corrected chi connectivity index (χ3v) is 5.47. The molecule has 0 fully saturated rings. The molecule has 178 valence electrons. The van der Waals surface area contributed by atoms with Crippen molar-refractivity contribution in [1.29, 1.82) is 0 Å². The number of carbonyl (C=O) groups is 1. The van der Waals surface area contributed by atoms with Crippen molar-refractivity contribution in [2.45, 2.75) is 25.8 Å². The van der Waals surface area contributed by atoms with Gasteiger partial charge in [-0.25, -0.2) is 4.98 Å². The number of rotatable bonds is 3. The number of aryl methyl sites for hydroxylation is 1. The summed E-state index contributed by atoms with van der Waals surface area (Å²) in [5.41, 5.74) is -0.930. The van der Waals surface area contributed by atoms with E-state index in [1.807, 2.05) is 19.1 Å². The highest BCUT2D eigenvalue weighted by Crippen LogP contribution is 2.37. The summed E-state index contributed by atoms with van der Waals surface area (Å²) in [5.74, 6) is -0.530. The van der Waals surface area contributed by atoms with Crippen LogP contribution in [0.15, 0.2) is 54.7 Å². The molecule has 10 heteroatoms. The number of pyridine rings is 1. The van der Waals surface area contributed by atoms with Crippen LogP contribution in [0.1, 0.15) is 32.6 Å². The third-order valence-electron chi connectivity index (χ3n) is 5.47. The molecular weight excluding hydrogens is 462 g/mol. The molecule has 34 heavy (non-hydrogen) atoms. The Balaban J connectivity index is 1.76. The van der Waals surface area contributed by atoms with Gasteiger partial charge in [-0.3, -0.25) is 4.79 Å². The normalized spacial score (nSPS) is 14.4. The van der Waals surface area contributed by atoms with Gasteiger partial charge in [-0.05, 0) is 47.9 Å². The molecule has 0 unspecified atom stereocenters. The Morgan fingerprint density at radius 1 is 0.941 bits per heavy atom. The number of alkyl halides is 6. The summed E-state index contributed by atoms with van der Waals surface area (Å²) in [7, 11) is 0. The van der Waals surface area contributed by atoms with E-state index in [9.17, 15) is 31.1 Å². The number of benzene rings is 2. The van der Waals surface area contributed by atoms with Gasteiger partial charge in [0.05, 0.1) is 17.7 Å². The van der Waals surface area contributed by atoms with Crippen molar-refractivity contribution >= 4 is 5.91 Å². The molecule has 0 N–H and O–H groups in total. The summed E-state index contributed by atoms with van der Waals surface area (Å²) < 4.78 is 85.1. The van der Waals surface area contributed by atoms with Crippen LogP contribution < -0.4 is 4.74 Å². The molecule has 4 nitrogen and oxygen atoms in total. The van der Waals surface area contributed by atoms with Crippen molar-refractivity contribution in [1.82, 2.24) is 9.88 Å². The van der Waals surface area contributed by atoms with Gasteiger partial charge in [-0.2, -0.15) is 26.3 Å². The fraction of sp³-hybridized carbons (Fsp3) is 0.250. The van der Waals surface area contributed by atoms with E-state index < -0.39 is 35.9 Å². The molecule has 0 atom stereocenters. The topological polar surface area (TPSA) is 42.4 Å². The summed E-state index contributed by atoms with van der Waals surface area (Å²) in [6.45, 7) is 1.33. The van der Waals surface area contributed by atoms with Crippen LogP contribution in [0.5, 0.6) is 5.88 Å². The van der Waals surface area contributed by atoms with Gasteiger partial charge in [0.2, 0.25) is 5.88 Å². The Bertz CT molecular complexity index is 1200. The van der Waals surface area contributed by atoms with Gasteiger partial charge in [0.25, 0.3) is 5.91 Å². The third kappa shape index (κ3) is 4.71. The van der Waals surface area contributed by atoms with E-state index in [-0.39, 0.29) is 36.2 Å². The number of aromatic nitrogens is 1. The van der Waals surface area contributed by atoms with Crippen LogP contribution in [-0.2, 0) is 18.9 Å².